The van der Waals surface area contributed by atoms with Crippen LogP contribution in [0.15, 0.2) is 30.6 Å². The first kappa shape index (κ1) is 12.6. The zero-order valence-electron chi connectivity index (χ0n) is 9.96. The molecule has 5 heteroatoms. The van der Waals surface area contributed by atoms with E-state index in [1.54, 1.807) is 6.92 Å². The molecule has 0 aliphatic heterocycles. The summed E-state index contributed by atoms with van der Waals surface area (Å²) in [5.74, 6) is 1.15. The highest BCUT2D eigenvalue weighted by Gasteiger charge is 2.00. The second-order valence-corrected chi connectivity index (χ2v) is 4.94. The summed E-state index contributed by atoms with van der Waals surface area (Å²) in [5, 5.41) is 0.967. The zero-order chi connectivity index (χ0) is 13.0. The van der Waals surface area contributed by atoms with Crippen LogP contribution in [0.2, 0.25) is 0 Å². The van der Waals surface area contributed by atoms with Gasteiger partial charge in [0.1, 0.15) is 12.1 Å². The number of thioether (sulfide) groups is 1. The lowest BCUT2D eigenvalue weighted by atomic mass is 10.1. The van der Waals surface area contributed by atoms with Gasteiger partial charge in [-0.05, 0) is 17.7 Å². The highest BCUT2D eigenvalue weighted by Crippen LogP contribution is 2.19. The predicted octanol–water partition coefficient (Wildman–Crippen LogP) is 2.50. The Labute approximate surface area is 109 Å². The molecule has 0 radical (unpaired) electrons. The van der Waals surface area contributed by atoms with Crippen molar-refractivity contribution in [2.24, 2.45) is 0 Å². The van der Waals surface area contributed by atoms with Crippen molar-refractivity contribution in [3.63, 3.8) is 0 Å². The Bertz CT molecular complexity index is 610. The first-order valence-electron chi connectivity index (χ1n) is 5.47. The third kappa shape index (κ3) is 3.07. The molecule has 0 fully saturated rings. The molecule has 0 atom stereocenters. The summed E-state index contributed by atoms with van der Waals surface area (Å²) in [5.41, 5.74) is 7.65. The Morgan fingerprint density at radius 3 is 3.06 bits per heavy atom. The summed E-state index contributed by atoms with van der Waals surface area (Å²) < 4.78 is 0. The quantitative estimate of drug-likeness (QED) is 0.917. The predicted molar refractivity (Wildman–Crippen MR) is 76.1 cm³/mol. The number of aromatic nitrogens is 2. The SMILES string of the molecule is CC(=O)SCC=Cc1ccc2ncnc(N)c2c1. The maximum Gasteiger partial charge on any atom is 0.186 e. The largest absolute Gasteiger partial charge is 0.383 e. The fourth-order valence-electron chi connectivity index (χ4n) is 1.55. The molecular formula is C13H13N3OS. The van der Waals surface area contributed by atoms with Crippen LogP contribution >= 0.6 is 11.8 Å². The van der Waals surface area contributed by atoms with Gasteiger partial charge in [0, 0.05) is 18.1 Å². The fraction of sp³-hybridized carbons (Fsp3) is 0.154. The molecule has 0 saturated heterocycles. The van der Waals surface area contributed by atoms with Gasteiger partial charge in [0.15, 0.2) is 5.12 Å². The summed E-state index contributed by atoms with van der Waals surface area (Å²) in [6, 6.07) is 5.81. The molecular weight excluding hydrogens is 246 g/mol. The molecule has 0 amide bonds. The average Bonchev–Trinajstić information content (AvgIpc) is 2.35. The molecule has 1 heterocycles. The van der Waals surface area contributed by atoms with E-state index in [0.717, 1.165) is 16.5 Å². The first-order valence-corrected chi connectivity index (χ1v) is 6.45. The molecule has 4 nitrogen and oxygen atoms in total. The van der Waals surface area contributed by atoms with Gasteiger partial charge >= 0.3 is 0 Å². The Morgan fingerprint density at radius 1 is 1.44 bits per heavy atom. The van der Waals surface area contributed by atoms with E-state index in [1.807, 2.05) is 30.4 Å². The molecule has 0 aliphatic rings. The minimum absolute atomic E-state index is 0.121. The van der Waals surface area contributed by atoms with Gasteiger partial charge in [-0.3, -0.25) is 4.79 Å². The van der Waals surface area contributed by atoms with Gasteiger partial charge in [-0.25, -0.2) is 9.97 Å². The van der Waals surface area contributed by atoms with Gasteiger partial charge in [0.05, 0.1) is 5.52 Å². The van der Waals surface area contributed by atoms with Crippen LogP contribution in [-0.4, -0.2) is 20.8 Å². The normalized spacial score (nSPS) is 11.2. The fourth-order valence-corrected chi connectivity index (χ4v) is 1.97. The lowest BCUT2D eigenvalue weighted by Crippen LogP contribution is -1.93. The van der Waals surface area contributed by atoms with Crippen LogP contribution in [0.1, 0.15) is 12.5 Å². The van der Waals surface area contributed by atoms with E-state index < -0.39 is 0 Å². The molecule has 0 bridgehead atoms. The number of carbonyl (C=O) groups is 1. The zero-order valence-corrected chi connectivity index (χ0v) is 10.8. The molecule has 92 valence electrons. The second kappa shape index (κ2) is 5.64. The van der Waals surface area contributed by atoms with Crippen LogP contribution in [-0.2, 0) is 4.79 Å². The average molecular weight is 259 g/mol. The Morgan fingerprint density at radius 2 is 2.28 bits per heavy atom. The molecule has 2 aromatic rings. The lowest BCUT2D eigenvalue weighted by molar-refractivity contribution is -0.109. The van der Waals surface area contributed by atoms with E-state index in [-0.39, 0.29) is 5.12 Å². The summed E-state index contributed by atoms with van der Waals surface area (Å²) in [4.78, 5) is 18.9. The van der Waals surface area contributed by atoms with Gasteiger partial charge in [0.25, 0.3) is 0 Å². The maximum atomic E-state index is 10.8. The second-order valence-electron chi connectivity index (χ2n) is 3.74. The van der Waals surface area contributed by atoms with Crippen LogP contribution in [0.3, 0.4) is 0 Å². The Hall–Kier alpha value is -1.88. The van der Waals surface area contributed by atoms with Crippen molar-refractivity contribution < 1.29 is 4.79 Å². The van der Waals surface area contributed by atoms with Crippen LogP contribution in [0, 0.1) is 0 Å². The lowest BCUT2D eigenvalue weighted by Gasteiger charge is -2.01. The van der Waals surface area contributed by atoms with Gasteiger partial charge in [-0.15, -0.1) is 0 Å². The van der Waals surface area contributed by atoms with Crippen molar-refractivity contribution in [1.82, 2.24) is 9.97 Å². The number of anilines is 1. The topological polar surface area (TPSA) is 68.9 Å². The van der Waals surface area contributed by atoms with Crippen LogP contribution in [0.5, 0.6) is 0 Å². The maximum absolute atomic E-state index is 10.8. The first-order chi connectivity index (χ1) is 8.66. The van der Waals surface area contributed by atoms with E-state index in [2.05, 4.69) is 9.97 Å². The standard InChI is InChI=1S/C13H13N3OS/c1-9(17)18-6-2-3-10-4-5-12-11(7-10)13(14)16-8-15-12/h2-5,7-8H,6H2,1H3,(H2,14,15,16). The number of nitrogen functional groups attached to an aromatic ring is 1. The number of nitrogens with zero attached hydrogens (tertiary/aromatic N) is 2. The van der Waals surface area contributed by atoms with Crippen molar-refractivity contribution >= 4 is 39.7 Å². The highest BCUT2D eigenvalue weighted by atomic mass is 32.2. The van der Waals surface area contributed by atoms with E-state index in [9.17, 15) is 4.79 Å². The summed E-state index contributed by atoms with van der Waals surface area (Å²) in [6.07, 6.45) is 5.37. The molecule has 18 heavy (non-hydrogen) atoms. The van der Waals surface area contributed by atoms with Gasteiger partial charge in [-0.2, -0.15) is 0 Å². The number of nitrogens with two attached hydrogens (primary N) is 1. The van der Waals surface area contributed by atoms with Crippen LogP contribution in [0.25, 0.3) is 17.0 Å². The van der Waals surface area contributed by atoms with Gasteiger partial charge < -0.3 is 5.73 Å². The number of rotatable bonds is 3. The van der Waals surface area contributed by atoms with Gasteiger partial charge in [0.2, 0.25) is 0 Å². The number of hydrogen-bond acceptors (Lipinski definition) is 5. The molecule has 0 spiro atoms. The number of benzene rings is 1. The van der Waals surface area contributed by atoms with E-state index >= 15 is 0 Å². The third-order valence-electron chi connectivity index (χ3n) is 2.38. The molecule has 0 saturated carbocycles. The smallest absolute Gasteiger partial charge is 0.186 e. The Balaban J connectivity index is 2.19. The molecule has 2 N–H and O–H groups in total. The minimum Gasteiger partial charge on any atom is -0.383 e. The highest BCUT2D eigenvalue weighted by molar-refractivity contribution is 8.13. The van der Waals surface area contributed by atoms with E-state index in [0.29, 0.717) is 11.6 Å². The van der Waals surface area contributed by atoms with Crippen molar-refractivity contribution in [2.45, 2.75) is 6.92 Å². The number of fused-ring (bicyclic) bond motifs is 1. The van der Waals surface area contributed by atoms with Crippen LogP contribution in [0.4, 0.5) is 5.82 Å². The summed E-state index contributed by atoms with van der Waals surface area (Å²) in [7, 11) is 0. The monoisotopic (exact) mass is 259 g/mol. The van der Waals surface area contributed by atoms with E-state index in [1.165, 1.54) is 18.1 Å². The summed E-state index contributed by atoms with van der Waals surface area (Å²) in [6.45, 7) is 1.56. The third-order valence-corrected chi connectivity index (χ3v) is 3.15. The molecule has 1 aromatic carbocycles. The van der Waals surface area contributed by atoms with Crippen molar-refractivity contribution in [3.05, 3.63) is 36.2 Å². The van der Waals surface area contributed by atoms with Gasteiger partial charge in [-0.1, -0.05) is 30.0 Å². The van der Waals surface area contributed by atoms with Crippen LogP contribution < -0.4 is 5.73 Å². The van der Waals surface area contributed by atoms with Crippen molar-refractivity contribution in [2.75, 3.05) is 11.5 Å². The summed E-state index contributed by atoms with van der Waals surface area (Å²) >= 11 is 1.28. The molecule has 0 aliphatic carbocycles. The minimum atomic E-state index is 0.121. The number of carbonyl (C=O) groups excluding carboxylic acids is 1. The number of hydrogen-bond donors (Lipinski definition) is 1. The molecule has 1 aromatic heterocycles. The molecule has 2 rings (SSSR count). The molecule has 0 unspecified atom stereocenters. The van der Waals surface area contributed by atoms with Crippen molar-refractivity contribution in [3.8, 4) is 0 Å². The Kier molecular flexibility index (Phi) is 3.94. The van der Waals surface area contributed by atoms with Crippen molar-refractivity contribution in [1.29, 1.82) is 0 Å². The van der Waals surface area contributed by atoms with E-state index in [4.69, 9.17) is 5.73 Å².